The highest BCUT2D eigenvalue weighted by Gasteiger charge is 2.16. The van der Waals surface area contributed by atoms with Crippen LogP contribution >= 0.6 is 0 Å². The molecule has 0 spiro atoms. The van der Waals surface area contributed by atoms with E-state index in [4.69, 9.17) is 0 Å². The molecular weight excluding hydrogens is 300 g/mol. The maximum Gasteiger partial charge on any atom is 0.263 e. The fourth-order valence-corrected chi connectivity index (χ4v) is 3.39. The Hall–Kier alpha value is -2.15. The molecule has 0 atom stereocenters. The molecule has 22 heavy (non-hydrogen) atoms. The van der Waals surface area contributed by atoms with Crippen LogP contribution in [0.25, 0.3) is 0 Å². The van der Waals surface area contributed by atoms with Crippen molar-refractivity contribution in [3.63, 3.8) is 0 Å². The Balaban J connectivity index is 1.75. The minimum absolute atomic E-state index is 0.140. The molecule has 2 aromatic heterocycles. The zero-order valence-corrected chi connectivity index (χ0v) is 13.2. The van der Waals surface area contributed by atoms with E-state index in [0.717, 1.165) is 24.6 Å². The highest BCUT2D eigenvalue weighted by atomic mass is 32.2. The molecule has 0 unspecified atom stereocenters. The molecule has 0 aliphatic carbocycles. The predicted octanol–water partition coefficient (Wildman–Crippen LogP) is 2.19. The predicted molar refractivity (Wildman–Crippen MR) is 85.5 cm³/mol. The van der Waals surface area contributed by atoms with E-state index in [-0.39, 0.29) is 4.90 Å². The highest BCUT2D eigenvalue weighted by Crippen LogP contribution is 2.20. The number of rotatable bonds is 4. The highest BCUT2D eigenvalue weighted by molar-refractivity contribution is 7.92. The van der Waals surface area contributed by atoms with Gasteiger partial charge in [0.05, 0.1) is 11.9 Å². The van der Waals surface area contributed by atoms with Crippen LogP contribution in [0.5, 0.6) is 0 Å². The fraction of sp³-hybridized carbons (Fsp3) is 0.333. The Kier molecular flexibility index (Phi) is 3.98. The van der Waals surface area contributed by atoms with E-state index in [1.54, 1.807) is 18.3 Å². The number of aromatic nitrogens is 2. The fourth-order valence-electron chi connectivity index (χ4n) is 2.41. The van der Waals surface area contributed by atoms with Gasteiger partial charge in [0, 0.05) is 25.0 Å². The first kappa shape index (κ1) is 14.8. The number of aryl methyl sites for hydroxylation is 1. The second-order valence-corrected chi connectivity index (χ2v) is 7.02. The molecule has 7 heteroatoms. The second-order valence-electron chi connectivity index (χ2n) is 5.34. The van der Waals surface area contributed by atoms with Crippen molar-refractivity contribution in [3.05, 3.63) is 42.4 Å². The Morgan fingerprint density at radius 2 is 1.82 bits per heavy atom. The van der Waals surface area contributed by atoms with Crippen LogP contribution in [0.1, 0.15) is 18.5 Å². The molecule has 116 valence electrons. The molecular formula is C15H18N4O2S. The first-order valence-corrected chi connectivity index (χ1v) is 8.69. The molecule has 0 amide bonds. The number of nitrogens with one attached hydrogen (secondary N) is 1. The van der Waals surface area contributed by atoms with Gasteiger partial charge in [-0.3, -0.25) is 9.71 Å². The molecule has 0 aromatic carbocycles. The van der Waals surface area contributed by atoms with E-state index in [0.29, 0.717) is 5.69 Å². The summed E-state index contributed by atoms with van der Waals surface area (Å²) in [5.41, 5.74) is 1.22. The number of sulfonamides is 1. The van der Waals surface area contributed by atoms with Crippen LogP contribution in [-0.2, 0) is 10.0 Å². The quantitative estimate of drug-likeness (QED) is 0.935. The summed E-state index contributed by atoms with van der Waals surface area (Å²) in [5.74, 6) is 0.887. The second kappa shape index (κ2) is 5.92. The number of pyridine rings is 2. The molecule has 1 aliphatic rings. The van der Waals surface area contributed by atoms with Gasteiger partial charge >= 0.3 is 0 Å². The van der Waals surface area contributed by atoms with Gasteiger partial charge in [0.2, 0.25) is 0 Å². The van der Waals surface area contributed by atoms with Crippen LogP contribution in [0, 0.1) is 6.92 Å². The van der Waals surface area contributed by atoms with Gasteiger partial charge in [-0.25, -0.2) is 13.4 Å². The van der Waals surface area contributed by atoms with Gasteiger partial charge in [0.15, 0.2) is 0 Å². The summed E-state index contributed by atoms with van der Waals surface area (Å²) in [4.78, 5) is 10.7. The van der Waals surface area contributed by atoms with Crippen LogP contribution in [0.3, 0.4) is 0 Å². The lowest BCUT2D eigenvalue weighted by molar-refractivity contribution is 0.600. The van der Waals surface area contributed by atoms with Gasteiger partial charge in [-0.15, -0.1) is 0 Å². The Morgan fingerprint density at radius 3 is 2.41 bits per heavy atom. The molecule has 1 fully saturated rings. The zero-order chi connectivity index (χ0) is 15.6. The first-order valence-electron chi connectivity index (χ1n) is 7.21. The largest absolute Gasteiger partial charge is 0.357 e. The van der Waals surface area contributed by atoms with Crippen molar-refractivity contribution in [3.8, 4) is 0 Å². The van der Waals surface area contributed by atoms with E-state index >= 15 is 0 Å². The van der Waals surface area contributed by atoms with Crippen molar-refractivity contribution >= 4 is 21.5 Å². The third kappa shape index (κ3) is 3.19. The lowest BCUT2D eigenvalue weighted by atomic mass is 10.4. The molecule has 1 aliphatic heterocycles. The lowest BCUT2D eigenvalue weighted by Gasteiger charge is -2.16. The van der Waals surface area contributed by atoms with Crippen LogP contribution in [0.15, 0.2) is 41.6 Å². The Bertz CT molecular complexity index is 736. The monoisotopic (exact) mass is 318 g/mol. The summed E-state index contributed by atoms with van der Waals surface area (Å²) in [5, 5.41) is 0. The number of hydrogen-bond donors (Lipinski definition) is 1. The molecule has 3 heterocycles. The first-order chi connectivity index (χ1) is 10.5. The molecule has 6 nitrogen and oxygen atoms in total. The van der Waals surface area contributed by atoms with Crippen LogP contribution in [-0.4, -0.2) is 31.5 Å². The van der Waals surface area contributed by atoms with E-state index in [1.807, 2.05) is 13.0 Å². The van der Waals surface area contributed by atoms with Gasteiger partial charge in [-0.2, -0.15) is 0 Å². The van der Waals surface area contributed by atoms with Crippen molar-refractivity contribution in [1.29, 1.82) is 0 Å². The maximum absolute atomic E-state index is 12.3. The Labute approximate surface area is 130 Å². The van der Waals surface area contributed by atoms with Crippen molar-refractivity contribution in [2.45, 2.75) is 24.7 Å². The van der Waals surface area contributed by atoms with Crippen molar-refractivity contribution in [2.75, 3.05) is 22.7 Å². The SMILES string of the molecule is Cc1ccc(S(=O)(=O)Nc2ccc(N3CCCC3)nc2)cn1. The van der Waals surface area contributed by atoms with Gasteiger partial charge in [-0.05, 0) is 44.0 Å². The molecule has 3 rings (SSSR count). The molecule has 0 saturated carbocycles. The summed E-state index contributed by atoms with van der Waals surface area (Å²) in [6, 6.07) is 6.79. The minimum Gasteiger partial charge on any atom is -0.357 e. The Morgan fingerprint density at radius 1 is 1.05 bits per heavy atom. The molecule has 1 saturated heterocycles. The lowest BCUT2D eigenvalue weighted by Crippen LogP contribution is -2.19. The average molecular weight is 318 g/mol. The summed E-state index contributed by atoms with van der Waals surface area (Å²) in [6.45, 7) is 3.82. The number of hydrogen-bond acceptors (Lipinski definition) is 5. The number of anilines is 2. The topological polar surface area (TPSA) is 75.2 Å². The van der Waals surface area contributed by atoms with Gasteiger partial charge in [-0.1, -0.05) is 0 Å². The summed E-state index contributed by atoms with van der Waals surface area (Å²) < 4.78 is 27.1. The summed E-state index contributed by atoms with van der Waals surface area (Å²) >= 11 is 0. The molecule has 2 aromatic rings. The van der Waals surface area contributed by atoms with E-state index < -0.39 is 10.0 Å². The summed E-state index contributed by atoms with van der Waals surface area (Å²) in [6.07, 6.45) is 5.25. The van der Waals surface area contributed by atoms with Crippen LogP contribution < -0.4 is 9.62 Å². The maximum atomic E-state index is 12.3. The van der Waals surface area contributed by atoms with Gasteiger partial charge in [0.25, 0.3) is 10.0 Å². The van der Waals surface area contributed by atoms with Crippen molar-refractivity contribution < 1.29 is 8.42 Å². The zero-order valence-electron chi connectivity index (χ0n) is 12.4. The molecule has 1 N–H and O–H groups in total. The minimum atomic E-state index is -3.63. The third-order valence-corrected chi connectivity index (χ3v) is 4.99. The molecule has 0 radical (unpaired) electrons. The molecule has 0 bridgehead atoms. The van der Waals surface area contributed by atoms with E-state index in [2.05, 4.69) is 19.6 Å². The normalized spacial score (nSPS) is 15.0. The van der Waals surface area contributed by atoms with Crippen LogP contribution in [0.2, 0.25) is 0 Å². The van der Waals surface area contributed by atoms with E-state index in [9.17, 15) is 8.42 Å². The van der Waals surface area contributed by atoms with E-state index in [1.165, 1.54) is 25.1 Å². The standard InChI is InChI=1S/C15H18N4O2S/c1-12-4-6-14(11-16-12)22(20,21)18-13-5-7-15(17-10-13)19-8-2-3-9-19/h4-7,10-11,18H,2-3,8-9H2,1H3. The van der Waals surface area contributed by atoms with Gasteiger partial charge < -0.3 is 4.90 Å². The van der Waals surface area contributed by atoms with Gasteiger partial charge in [0.1, 0.15) is 10.7 Å². The third-order valence-electron chi connectivity index (χ3n) is 3.62. The summed E-state index contributed by atoms with van der Waals surface area (Å²) in [7, 11) is -3.63. The van der Waals surface area contributed by atoms with Crippen molar-refractivity contribution in [2.24, 2.45) is 0 Å². The number of nitrogens with zero attached hydrogens (tertiary/aromatic N) is 3. The van der Waals surface area contributed by atoms with Crippen molar-refractivity contribution in [1.82, 2.24) is 9.97 Å². The smallest absolute Gasteiger partial charge is 0.263 e. The van der Waals surface area contributed by atoms with Crippen LogP contribution in [0.4, 0.5) is 11.5 Å². The average Bonchev–Trinajstić information content (AvgIpc) is 3.02.